The van der Waals surface area contributed by atoms with E-state index in [9.17, 15) is 18.0 Å². The van der Waals surface area contributed by atoms with E-state index in [0.29, 0.717) is 17.3 Å². The fraction of sp³-hybridized carbons (Fsp3) is 0.259. The molecule has 3 aromatic carbocycles. The highest BCUT2D eigenvalue weighted by Gasteiger charge is 2.32. The van der Waals surface area contributed by atoms with E-state index >= 15 is 0 Å². The highest BCUT2D eigenvalue weighted by Crippen LogP contribution is 2.22. The van der Waals surface area contributed by atoms with Gasteiger partial charge in [-0.25, -0.2) is 8.42 Å². The Balaban J connectivity index is 2.00. The Morgan fingerprint density at radius 2 is 1.44 bits per heavy atom. The van der Waals surface area contributed by atoms with E-state index in [0.717, 1.165) is 21.7 Å². The zero-order valence-corrected chi connectivity index (χ0v) is 21.9. The number of sulfonamides is 1. The summed E-state index contributed by atoms with van der Waals surface area (Å²) in [5.74, 6) is -0.797. The molecule has 0 saturated heterocycles. The van der Waals surface area contributed by atoms with E-state index in [4.69, 9.17) is 11.6 Å². The van der Waals surface area contributed by atoms with Gasteiger partial charge in [0.25, 0.3) is 0 Å². The van der Waals surface area contributed by atoms with E-state index in [1.165, 1.54) is 4.90 Å². The molecule has 3 aromatic rings. The lowest BCUT2D eigenvalue weighted by molar-refractivity contribution is -0.140. The van der Waals surface area contributed by atoms with Gasteiger partial charge in [0.1, 0.15) is 12.6 Å². The van der Waals surface area contributed by atoms with Crippen LogP contribution in [0.5, 0.6) is 0 Å². The maximum Gasteiger partial charge on any atom is 0.244 e. The minimum Gasteiger partial charge on any atom is -0.355 e. The third kappa shape index (κ3) is 7.57. The van der Waals surface area contributed by atoms with Crippen molar-refractivity contribution in [2.24, 2.45) is 0 Å². The van der Waals surface area contributed by atoms with Crippen LogP contribution in [0.25, 0.3) is 0 Å². The second-order valence-electron chi connectivity index (χ2n) is 8.35. The lowest BCUT2D eigenvalue weighted by Crippen LogP contribution is -2.53. The number of hydrogen-bond donors (Lipinski definition) is 1. The fourth-order valence-electron chi connectivity index (χ4n) is 3.85. The van der Waals surface area contributed by atoms with Crippen molar-refractivity contribution in [1.29, 1.82) is 0 Å². The molecule has 1 N–H and O–H groups in total. The largest absolute Gasteiger partial charge is 0.355 e. The minimum absolute atomic E-state index is 0.145. The van der Waals surface area contributed by atoms with Crippen molar-refractivity contribution in [3.63, 3.8) is 0 Å². The van der Waals surface area contributed by atoms with Crippen LogP contribution >= 0.6 is 11.6 Å². The average Bonchev–Trinajstić information content (AvgIpc) is 2.86. The number of carbonyl (C=O) groups is 2. The van der Waals surface area contributed by atoms with Gasteiger partial charge in [-0.3, -0.25) is 13.9 Å². The van der Waals surface area contributed by atoms with Crippen LogP contribution in [-0.2, 0) is 32.6 Å². The van der Waals surface area contributed by atoms with Crippen molar-refractivity contribution in [1.82, 2.24) is 10.2 Å². The molecule has 0 fully saturated rings. The summed E-state index contributed by atoms with van der Waals surface area (Å²) < 4.78 is 26.4. The number of halogens is 1. The van der Waals surface area contributed by atoms with Crippen LogP contribution in [0.3, 0.4) is 0 Å². The molecule has 3 rings (SSSR count). The first-order valence-corrected chi connectivity index (χ1v) is 13.8. The predicted octanol–water partition coefficient (Wildman–Crippen LogP) is 3.88. The van der Waals surface area contributed by atoms with Crippen molar-refractivity contribution >= 4 is 39.1 Å². The van der Waals surface area contributed by atoms with E-state index < -0.39 is 28.5 Å². The summed E-state index contributed by atoms with van der Waals surface area (Å²) in [4.78, 5) is 28.5. The number of nitrogens with zero attached hydrogens (tertiary/aromatic N) is 2. The molecule has 1 atom stereocenters. The lowest BCUT2D eigenvalue weighted by Gasteiger charge is -2.33. The lowest BCUT2D eigenvalue weighted by atomic mass is 10.0. The van der Waals surface area contributed by atoms with Gasteiger partial charge in [0, 0.05) is 24.5 Å². The smallest absolute Gasteiger partial charge is 0.244 e. The number of anilines is 1. The van der Waals surface area contributed by atoms with Crippen LogP contribution in [-0.4, -0.2) is 50.5 Å². The van der Waals surface area contributed by atoms with E-state index in [1.54, 1.807) is 24.3 Å². The van der Waals surface area contributed by atoms with Gasteiger partial charge >= 0.3 is 0 Å². The standard InChI is InChI=1S/C27H30ClN3O4S/c1-3-29-27(33)25(18-21-10-6-4-7-11-21)30(19-22-12-8-5-9-13-22)26(32)20-31(36(2,34)35)24-16-14-23(28)15-17-24/h4-17,25H,3,18-20H2,1-2H3,(H,29,33)/t25-/m1/s1. The molecule has 0 unspecified atom stereocenters. The van der Waals surface area contributed by atoms with Crippen molar-refractivity contribution in [2.45, 2.75) is 25.9 Å². The molecule has 0 aromatic heterocycles. The van der Waals surface area contributed by atoms with Gasteiger partial charge in [-0.2, -0.15) is 0 Å². The first-order chi connectivity index (χ1) is 17.2. The normalized spacial score (nSPS) is 12.0. The van der Waals surface area contributed by atoms with Gasteiger partial charge in [-0.15, -0.1) is 0 Å². The first-order valence-electron chi connectivity index (χ1n) is 11.6. The number of amides is 2. The average molecular weight is 528 g/mol. The number of carbonyl (C=O) groups excluding carboxylic acids is 2. The molecule has 36 heavy (non-hydrogen) atoms. The highest BCUT2D eigenvalue weighted by molar-refractivity contribution is 7.92. The predicted molar refractivity (Wildman–Crippen MR) is 143 cm³/mol. The zero-order valence-electron chi connectivity index (χ0n) is 20.3. The van der Waals surface area contributed by atoms with Crippen LogP contribution in [0, 0.1) is 0 Å². The molecule has 0 aliphatic rings. The summed E-state index contributed by atoms with van der Waals surface area (Å²) in [6.45, 7) is 1.90. The molecule has 0 spiro atoms. The maximum absolute atomic E-state index is 13.8. The molecular formula is C27H30ClN3O4S. The van der Waals surface area contributed by atoms with Gasteiger partial charge in [-0.1, -0.05) is 72.3 Å². The topological polar surface area (TPSA) is 86.8 Å². The second kappa shape index (κ2) is 12.6. The van der Waals surface area contributed by atoms with Crippen molar-refractivity contribution in [3.8, 4) is 0 Å². The molecule has 0 aliphatic carbocycles. The van der Waals surface area contributed by atoms with Crippen molar-refractivity contribution in [3.05, 3.63) is 101 Å². The maximum atomic E-state index is 13.8. The minimum atomic E-state index is -3.81. The third-order valence-corrected chi connectivity index (χ3v) is 7.00. The van der Waals surface area contributed by atoms with Crippen molar-refractivity contribution < 1.29 is 18.0 Å². The number of rotatable bonds is 11. The first kappa shape index (κ1) is 27.2. The number of nitrogens with one attached hydrogen (secondary N) is 1. The number of benzene rings is 3. The quantitative estimate of drug-likeness (QED) is 0.410. The summed E-state index contributed by atoms with van der Waals surface area (Å²) >= 11 is 5.97. The van der Waals surface area contributed by atoms with E-state index in [2.05, 4.69) is 5.32 Å². The summed E-state index contributed by atoms with van der Waals surface area (Å²) in [5, 5.41) is 3.28. The Hall–Kier alpha value is -3.36. The molecule has 0 saturated carbocycles. The van der Waals surface area contributed by atoms with E-state index in [-0.39, 0.29) is 18.9 Å². The van der Waals surface area contributed by atoms with Gasteiger partial charge < -0.3 is 10.2 Å². The van der Waals surface area contributed by atoms with Crippen LogP contribution < -0.4 is 9.62 Å². The van der Waals surface area contributed by atoms with Crippen molar-refractivity contribution in [2.75, 3.05) is 23.7 Å². The van der Waals surface area contributed by atoms with Gasteiger partial charge in [0.05, 0.1) is 11.9 Å². The molecule has 0 heterocycles. The fourth-order valence-corrected chi connectivity index (χ4v) is 4.82. The van der Waals surface area contributed by atoms with Gasteiger partial charge in [0.2, 0.25) is 21.8 Å². The van der Waals surface area contributed by atoms with E-state index in [1.807, 2.05) is 67.6 Å². The summed E-state index contributed by atoms with van der Waals surface area (Å²) in [7, 11) is -3.81. The molecule has 0 radical (unpaired) electrons. The van der Waals surface area contributed by atoms with Crippen LogP contribution in [0.1, 0.15) is 18.1 Å². The summed E-state index contributed by atoms with van der Waals surface area (Å²) in [5.41, 5.74) is 2.02. The Bertz CT molecular complexity index is 1250. The van der Waals surface area contributed by atoms with Gasteiger partial charge in [0.15, 0.2) is 0 Å². The second-order valence-corrected chi connectivity index (χ2v) is 10.7. The van der Waals surface area contributed by atoms with Crippen LogP contribution in [0.4, 0.5) is 5.69 Å². The molecule has 0 aliphatic heterocycles. The van der Waals surface area contributed by atoms with Crippen LogP contribution in [0.2, 0.25) is 5.02 Å². The summed E-state index contributed by atoms with van der Waals surface area (Å²) in [6, 6.07) is 24.1. The molecule has 9 heteroatoms. The Morgan fingerprint density at radius 1 is 0.889 bits per heavy atom. The SMILES string of the molecule is CCNC(=O)[C@@H](Cc1ccccc1)N(Cc1ccccc1)C(=O)CN(c1ccc(Cl)cc1)S(C)(=O)=O. The van der Waals surface area contributed by atoms with Crippen LogP contribution in [0.15, 0.2) is 84.9 Å². The third-order valence-electron chi connectivity index (χ3n) is 5.61. The molecule has 190 valence electrons. The Labute approximate surface area is 217 Å². The monoisotopic (exact) mass is 527 g/mol. The Kier molecular flexibility index (Phi) is 9.50. The molecule has 7 nitrogen and oxygen atoms in total. The highest BCUT2D eigenvalue weighted by atomic mass is 35.5. The molecular weight excluding hydrogens is 498 g/mol. The zero-order chi connectivity index (χ0) is 26.1. The van der Waals surface area contributed by atoms with Gasteiger partial charge in [-0.05, 0) is 42.3 Å². The number of likely N-dealkylation sites (N-methyl/N-ethyl adjacent to an activating group) is 1. The Morgan fingerprint density at radius 3 is 1.97 bits per heavy atom. The summed E-state index contributed by atoms with van der Waals surface area (Å²) in [6.07, 6.45) is 1.33. The molecule has 0 bridgehead atoms. The molecule has 2 amide bonds. The number of hydrogen-bond acceptors (Lipinski definition) is 4.